The summed E-state index contributed by atoms with van der Waals surface area (Å²) in [5.41, 5.74) is 5.78. The molecule has 0 saturated carbocycles. The van der Waals surface area contributed by atoms with E-state index in [9.17, 15) is 4.79 Å². The minimum absolute atomic E-state index is 0.0293. The van der Waals surface area contributed by atoms with Gasteiger partial charge in [-0.1, -0.05) is 12.1 Å². The Kier molecular flexibility index (Phi) is 6.04. The summed E-state index contributed by atoms with van der Waals surface area (Å²) in [6.07, 6.45) is 7.38. The third kappa shape index (κ3) is 4.61. The van der Waals surface area contributed by atoms with Crippen molar-refractivity contribution in [2.24, 2.45) is 5.92 Å². The molecule has 1 aliphatic heterocycles. The Morgan fingerprint density at radius 3 is 2.72 bits per heavy atom. The summed E-state index contributed by atoms with van der Waals surface area (Å²) in [4.78, 5) is 28.3. The lowest BCUT2D eigenvalue weighted by molar-refractivity contribution is -0.121. The van der Waals surface area contributed by atoms with Gasteiger partial charge in [0.1, 0.15) is 0 Å². The van der Waals surface area contributed by atoms with Crippen molar-refractivity contribution in [3.8, 4) is 17.2 Å². The largest absolute Gasteiger partial charge is 0.326 e. The second kappa shape index (κ2) is 9.42. The number of rotatable bonds is 6. The number of anilines is 1. The summed E-state index contributed by atoms with van der Waals surface area (Å²) in [5, 5.41) is 5.11. The standard InChI is InChI=1S/C24H24N6OS/c31-23(28-20-8-6-18(7-9-20)22-16-32-17-27-22)19-4-1-12-29(14-19)15-21-5-2-13-30(21)24-25-10-3-11-26-24/h2-3,5-11,13,16-17,19H,1,4,12,14-15H2,(H,28,31). The fraction of sp³-hybridized carbons (Fsp3) is 0.250. The summed E-state index contributed by atoms with van der Waals surface area (Å²) in [5.74, 6) is 0.719. The van der Waals surface area contributed by atoms with Crippen LogP contribution in [0.5, 0.6) is 0 Å². The number of hydrogen-bond acceptors (Lipinski definition) is 6. The zero-order chi connectivity index (χ0) is 21.8. The quantitative estimate of drug-likeness (QED) is 0.481. The Morgan fingerprint density at radius 1 is 1.09 bits per heavy atom. The molecule has 5 rings (SSSR count). The molecule has 1 saturated heterocycles. The molecule has 0 spiro atoms. The average Bonchev–Trinajstić information content (AvgIpc) is 3.53. The minimum Gasteiger partial charge on any atom is -0.326 e. The Morgan fingerprint density at radius 2 is 1.94 bits per heavy atom. The number of carbonyl (C=O) groups excluding carboxylic acids is 1. The van der Waals surface area contributed by atoms with E-state index in [1.165, 1.54) is 0 Å². The summed E-state index contributed by atoms with van der Waals surface area (Å²) in [6.45, 7) is 2.48. The Labute approximate surface area is 190 Å². The van der Waals surface area contributed by atoms with E-state index in [1.807, 2.05) is 58.1 Å². The molecule has 4 aromatic rings. The predicted octanol–water partition coefficient (Wildman–Crippen LogP) is 4.24. The van der Waals surface area contributed by atoms with Crippen LogP contribution in [0.3, 0.4) is 0 Å². The summed E-state index contributed by atoms with van der Waals surface area (Å²) in [6, 6.07) is 13.8. The first-order valence-electron chi connectivity index (χ1n) is 10.7. The zero-order valence-corrected chi connectivity index (χ0v) is 18.4. The zero-order valence-electron chi connectivity index (χ0n) is 17.6. The van der Waals surface area contributed by atoms with Crippen molar-refractivity contribution in [1.82, 2.24) is 24.4 Å². The Hall–Kier alpha value is -3.36. The van der Waals surface area contributed by atoms with E-state index < -0.39 is 0 Å². The molecule has 1 unspecified atom stereocenters. The molecule has 1 amide bonds. The van der Waals surface area contributed by atoms with Gasteiger partial charge in [-0.15, -0.1) is 11.3 Å². The molecule has 0 aliphatic carbocycles. The molecule has 162 valence electrons. The van der Waals surface area contributed by atoms with Crippen LogP contribution in [0.2, 0.25) is 0 Å². The van der Waals surface area contributed by atoms with Crippen molar-refractivity contribution in [1.29, 1.82) is 0 Å². The van der Waals surface area contributed by atoms with Gasteiger partial charge >= 0.3 is 0 Å². The molecule has 1 aliphatic rings. The van der Waals surface area contributed by atoms with Gasteiger partial charge in [0.05, 0.1) is 17.1 Å². The lowest BCUT2D eigenvalue weighted by Gasteiger charge is -2.32. The molecule has 0 bridgehead atoms. The summed E-state index contributed by atoms with van der Waals surface area (Å²) in [7, 11) is 0. The highest BCUT2D eigenvalue weighted by Gasteiger charge is 2.26. The van der Waals surface area contributed by atoms with E-state index in [1.54, 1.807) is 23.7 Å². The molecule has 3 aromatic heterocycles. The second-order valence-corrected chi connectivity index (χ2v) is 8.65. The molecule has 1 N–H and O–H groups in total. The molecule has 32 heavy (non-hydrogen) atoms. The van der Waals surface area contributed by atoms with Crippen molar-refractivity contribution < 1.29 is 4.79 Å². The maximum absolute atomic E-state index is 12.9. The SMILES string of the molecule is O=C(Nc1ccc(-c2cscn2)cc1)C1CCCN(Cc2cccn2-c2ncccn2)C1. The lowest BCUT2D eigenvalue weighted by Crippen LogP contribution is -2.40. The number of aromatic nitrogens is 4. The fourth-order valence-electron chi connectivity index (χ4n) is 4.12. The van der Waals surface area contributed by atoms with E-state index in [-0.39, 0.29) is 11.8 Å². The van der Waals surface area contributed by atoms with E-state index in [0.717, 1.165) is 55.1 Å². The van der Waals surface area contributed by atoms with Gasteiger partial charge < -0.3 is 5.32 Å². The third-order valence-corrected chi connectivity index (χ3v) is 6.33. The predicted molar refractivity (Wildman–Crippen MR) is 126 cm³/mol. The summed E-state index contributed by atoms with van der Waals surface area (Å²) < 4.78 is 2.01. The maximum atomic E-state index is 12.9. The number of benzene rings is 1. The Balaban J connectivity index is 1.21. The van der Waals surface area contributed by atoms with Gasteiger partial charge in [0.15, 0.2) is 0 Å². The number of carbonyl (C=O) groups is 1. The highest BCUT2D eigenvalue weighted by molar-refractivity contribution is 7.07. The van der Waals surface area contributed by atoms with Gasteiger partial charge in [-0.2, -0.15) is 0 Å². The van der Waals surface area contributed by atoms with Crippen molar-refractivity contribution in [2.75, 3.05) is 18.4 Å². The topological polar surface area (TPSA) is 75.9 Å². The first-order chi connectivity index (χ1) is 15.8. The van der Waals surface area contributed by atoms with Gasteiger partial charge in [-0.25, -0.2) is 15.0 Å². The molecule has 1 fully saturated rings. The number of piperidine rings is 1. The highest BCUT2D eigenvalue weighted by atomic mass is 32.1. The molecule has 8 heteroatoms. The van der Waals surface area contributed by atoms with Gasteiger partial charge in [0.25, 0.3) is 0 Å². The summed E-state index contributed by atoms with van der Waals surface area (Å²) >= 11 is 1.57. The van der Waals surface area contributed by atoms with E-state index >= 15 is 0 Å². The van der Waals surface area contributed by atoms with E-state index in [0.29, 0.717) is 5.95 Å². The first-order valence-corrected chi connectivity index (χ1v) is 11.7. The molecule has 1 aromatic carbocycles. The lowest BCUT2D eigenvalue weighted by atomic mass is 9.97. The number of hydrogen-bond donors (Lipinski definition) is 1. The number of amides is 1. The normalized spacial score (nSPS) is 16.7. The van der Waals surface area contributed by atoms with Gasteiger partial charge in [0, 0.05) is 54.0 Å². The van der Waals surface area contributed by atoms with Gasteiger partial charge in [0.2, 0.25) is 11.9 Å². The van der Waals surface area contributed by atoms with Crippen LogP contribution in [0.25, 0.3) is 17.2 Å². The van der Waals surface area contributed by atoms with Gasteiger partial charge in [-0.3, -0.25) is 14.3 Å². The van der Waals surface area contributed by atoms with Crippen molar-refractivity contribution in [2.45, 2.75) is 19.4 Å². The highest BCUT2D eigenvalue weighted by Crippen LogP contribution is 2.24. The number of nitrogens with one attached hydrogen (secondary N) is 1. The maximum Gasteiger partial charge on any atom is 0.233 e. The molecule has 7 nitrogen and oxygen atoms in total. The number of thiazole rings is 1. The van der Waals surface area contributed by atoms with Crippen LogP contribution < -0.4 is 5.32 Å². The number of nitrogens with zero attached hydrogens (tertiary/aromatic N) is 5. The van der Waals surface area contributed by atoms with Crippen LogP contribution in [-0.4, -0.2) is 43.4 Å². The molecular formula is C24H24N6OS. The van der Waals surface area contributed by atoms with Crippen molar-refractivity contribution in [3.05, 3.63) is 77.6 Å². The van der Waals surface area contributed by atoms with Crippen LogP contribution in [0.15, 0.2) is 71.9 Å². The Bertz CT molecular complexity index is 1160. The molecule has 4 heterocycles. The molecule has 1 atom stereocenters. The monoisotopic (exact) mass is 444 g/mol. The fourth-order valence-corrected chi connectivity index (χ4v) is 4.68. The second-order valence-electron chi connectivity index (χ2n) is 7.93. The van der Waals surface area contributed by atoms with Crippen molar-refractivity contribution in [3.63, 3.8) is 0 Å². The average molecular weight is 445 g/mol. The van der Waals surface area contributed by atoms with E-state index in [4.69, 9.17) is 0 Å². The van der Waals surface area contributed by atoms with Crippen LogP contribution in [0.4, 0.5) is 5.69 Å². The third-order valence-electron chi connectivity index (χ3n) is 5.74. The molecule has 0 radical (unpaired) electrons. The van der Waals surface area contributed by atoms with Crippen molar-refractivity contribution >= 4 is 22.9 Å². The van der Waals surface area contributed by atoms with Crippen LogP contribution in [0.1, 0.15) is 18.5 Å². The van der Waals surface area contributed by atoms with Crippen LogP contribution in [-0.2, 0) is 11.3 Å². The van der Waals surface area contributed by atoms with E-state index in [2.05, 4.69) is 31.2 Å². The van der Waals surface area contributed by atoms with Crippen LogP contribution in [0, 0.1) is 5.92 Å². The molecular weight excluding hydrogens is 420 g/mol. The van der Waals surface area contributed by atoms with Crippen LogP contribution >= 0.6 is 11.3 Å². The first kappa shape index (κ1) is 20.5. The number of likely N-dealkylation sites (tertiary alicyclic amines) is 1. The smallest absolute Gasteiger partial charge is 0.233 e. The minimum atomic E-state index is -0.0293. The van der Waals surface area contributed by atoms with Gasteiger partial charge in [-0.05, 0) is 49.7 Å².